The zero-order valence-corrected chi connectivity index (χ0v) is 14.7. The topological polar surface area (TPSA) is 70.4 Å². The second kappa shape index (κ2) is 7.82. The summed E-state index contributed by atoms with van der Waals surface area (Å²) in [5.74, 6) is -2.43. The summed E-state index contributed by atoms with van der Waals surface area (Å²) in [6.07, 6.45) is 3.42. The second-order valence-corrected chi connectivity index (χ2v) is 5.61. The van der Waals surface area contributed by atoms with Gasteiger partial charge in [0.1, 0.15) is 0 Å². The quantitative estimate of drug-likeness (QED) is 0.503. The van der Waals surface area contributed by atoms with Crippen molar-refractivity contribution in [1.82, 2.24) is 9.78 Å². The van der Waals surface area contributed by atoms with E-state index in [-0.39, 0.29) is 13.2 Å². The van der Waals surface area contributed by atoms with Gasteiger partial charge in [0.25, 0.3) is 0 Å². The number of esters is 2. The Kier molecular flexibility index (Phi) is 5.31. The van der Waals surface area contributed by atoms with Gasteiger partial charge in [0.05, 0.1) is 18.9 Å². The largest absolute Gasteiger partial charge is 0.465 e. The number of aromatic nitrogens is 2. The smallest absolute Gasteiger partial charge is 0.324 e. The van der Waals surface area contributed by atoms with Crippen molar-refractivity contribution < 1.29 is 19.1 Å². The summed E-state index contributed by atoms with van der Waals surface area (Å²) in [6.45, 7) is 3.77. The van der Waals surface area contributed by atoms with Crippen LogP contribution in [0, 0.1) is 0 Å². The van der Waals surface area contributed by atoms with Crippen LogP contribution in [0.4, 0.5) is 0 Å². The average Bonchev–Trinajstić information content (AvgIpc) is 3.16. The highest BCUT2D eigenvalue weighted by molar-refractivity contribution is 6.04. The van der Waals surface area contributed by atoms with Crippen molar-refractivity contribution in [3.05, 3.63) is 60.4 Å². The molecule has 0 aliphatic carbocycles. The lowest BCUT2D eigenvalue weighted by molar-refractivity contribution is -0.156. The van der Waals surface area contributed by atoms with Crippen LogP contribution in [0.5, 0.6) is 0 Å². The van der Waals surface area contributed by atoms with Crippen LogP contribution < -0.4 is 0 Å². The monoisotopic (exact) mass is 352 g/mol. The van der Waals surface area contributed by atoms with Crippen molar-refractivity contribution in [2.45, 2.75) is 19.8 Å². The second-order valence-electron chi connectivity index (χ2n) is 5.61. The molecule has 0 saturated heterocycles. The number of fused-ring (bicyclic) bond motifs is 1. The molecule has 3 rings (SSSR count). The lowest BCUT2D eigenvalue weighted by Crippen LogP contribution is -2.27. The van der Waals surface area contributed by atoms with Gasteiger partial charge >= 0.3 is 11.9 Å². The zero-order chi connectivity index (χ0) is 18.5. The summed E-state index contributed by atoms with van der Waals surface area (Å²) in [4.78, 5) is 25.1. The molecule has 0 atom stereocenters. The molecule has 0 unspecified atom stereocenters. The van der Waals surface area contributed by atoms with Crippen molar-refractivity contribution in [3.63, 3.8) is 0 Å². The summed E-state index contributed by atoms with van der Waals surface area (Å²) in [7, 11) is 0. The van der Waals surface area contributed by atoms with Crippen molar-refractivity contribution in [3.8, 4) is 5.69 Å². The molecule has 0 bridgehead atoms. The van der Waals surface area contributed by atoms with Crippen molar-refractivity contribution in [1.29, 1.82) is 0 Å². The standard InChI is InChI=1S/C20H20N2O4/c1-3-25-19(23)17(20(24)26-4-2)16-11-10-14-8-5-6-9-15(14)18(16)22-13-7-12-21-22/h5-13,17H,3-4H2,1-2H3. The van der Waals surface area contributed by atoms with E-state index < -0.39 is 17.9 Å². The van der Waals surface area contributed by atoms with Gasteiger partial charge in [-0.2, -0.15) is 5.10 Å². The Labute approximate surface area is 151 Å². The maximum Gasteiger partial charge on any atom is 0.324 e. The summed E-state index contributed by atoms with van der Waals surface area (Å²) in [5.41, 5.74) is 1.17. The highest BCUT2D eigenvalue weighted by Crippen LogP contribution is 2.32. The first-order chi connectivity index (χ1) is 12.7. The van der Waals surface area contributed by atoms with E-state index in [1.165, 1.54) is 0 Å². The van der Waals surface area contributed by atoms with Crippen LogP contribution in [0.25, 0.3) is 16.5 Å². The number of hydrogen-bond donors (Lipinski definition) is 0. The maximum atomic E-state index is 12.6. The third-order valence-electron chi connectivity index (χ3n) is 4.02. The van der Waals surface area contributed by atoms with Crippen LogP contribution in [-0.2, 0) is 19.1 Å². The van der Waals surface area contributed by atoms with Gasteiger partial charge < -0.3 is 9.47 Å². The van der Waals surface area contributed by atoms with Crippen LogP contribution in [-0.4, -0.2) is 34.9 Å². The lowest BCUT2D eigenvalue weighted by atomic mass is 9.93. The maximum absolute atomic E-state index is 12.6. The van der Waals surface area contributed by atoms with Gasteiger partial charge in [-0.05, 0) is 25.3 Å². The Morgan fingerprint density at radius 2 is 1.69 bits per heavy atom. The third-order valence-corrected chi connectivity index (χ3v) is 4.02. The van der Waals surface area contributed by atoms with Gasteiger partial charge in [-0.25, -0.2) is 4.68 Å². The van der Waals surface area contributed by atoms with Gasteiger partial charge in [-0.3, -0.25) is 9.59 Å². The van der Waals surface area contributed by atoms with E-state index in [2.05, 4.69) is 5.10 Å². The minimum Gasteiger partial charge on any atom is -0.465 e. The molecule has 0 spiro atoms. The number of hydrogen-bond acceptors (Lipinski definition) is 5. The molecule has 0 aliphatic heterocycles. The SMILES string of the molecule is CCOC(=O)C(C(=O)OCC)c1ccc2ccccc2c1-n1cccn1. The zero-order valence-electron chi connectivity index (χ0n) is 14.7. The molecule has 0 aliphatic rings. The number of rotatable bonds is 6. The Balaban J connectivity index is 2.25. The third kappa shape index (κ3) is 3.31. The van der Waals surface area contributed by atoms with E-state index >= 15 is 0 Å². The molecular formula is C20H20N2O4. The summed E-state index contributed by atoms with van der Waals surface area (Å²) in [5, 5.41) is 6.16. The van der Waals surface area contributed by atoms with E-state index in [0.29, 0.717) is 11.3 Å². The highest BCUT2D eigenvalue weighted by atomic mass is 16.6. The molecule has 26 heavy (non-hydrogen) atoms. The molecule has 6 nitrogen and oxygen atoms in total. The summed E-state index contributed by atoms with van der Waals surface area (Å²) >= 11 is 0. The Hall–Kier alpha value is -3.15. The van der Waals surface area contributed by atoms with Crippen molar-refractivity contribution in [2.24, 2.45) is 0 Å². The molecule has 134 valence electrons. The molecule has 3 aromatic rings. The molecule has 0 N–H and O–H groups in total. The van der Waals surface area contributed by atoms with E-state index in [9.17, 15) is 9.59 Å². The van der Waals surface area contributed by atoms with Crippen molar-refractivity contribution in [2.75, 3.05) is 13.2 Å². The molecule has 6 heteroatoms. The molecule has 1 aromatic heterocycles. The molecular weight excluding hydrogens is 332 g/mol. The first kappa shape index (κ1) is 17.7. The Morgan fingerprint density at radius 3 is 2.31 bits per heavy atom. The van der Waals surface area contributed by atoms with Crippen molar-refractivity contribution >= 4 is 22.7 Å². The Bertz CT molecular complexity index is 901. The number of ether oxygens (including phenoxy) is 2. The number of carbonyl (C=O) groups is 2. The number of carbonyl (C=O) groups excluding carboxylic acids is 2. The fourth-order valence-electron chi connectivity index (χ4n) is 2.96. The summed E-state index contributed by atoms with van der Waals surface area (Å²) < 4.78 is 11.9. The van der Waals surface area contributed by atoms with Gasteiger partial charge in [0.15, 0.2) is 5.92 Å². The van der Waals surface area contributed by atoms with Gasteiger partial charge in [0.2, 0.25) is 0 Å². The van der Waals surface area contributed by atoms with E-state index in [0.717, 1.165) is 10.8 Å². The molecule has 1 heterocycles. The van der Waals surface area contributed by atoms with Gasteiger partial charge in [-0.1, -0.05) is 36.4 Å². The van der Waals surface area contributed by atoms with E-state index in [1.807, 2.05) is 30.3 Å². The average molecular weight is 352 g/mol. The van der Waals surface area contributed by atoms with Crippen LogP contribution in [0.1, 0.15) is 25.3 Å². The minimum absolute atomic E-state index is 0.180. The van der Waals surface area contributed by atoms with Crippen LogP contribution >= 0.6 is 0 Å². The highest BCUT2D eigenvalue weighted by Gasteiger charge is 2.34. The normalized spacial score (nSPS) is 10.9. The summed E-state index contributed by atoms with van der Waals surface area (Å²) in [6, 6.07) is 13.2. The molecule has 2 aromatic carbocycles. The molecule has 0 amide bonds. The first-order valence-corrected chi connectivity index (χ1v) is 8.52. The number of benzene rings is 2. The van der Waals surface area contributed by atoms with E-state index in [4.69, 9.17) is 9.47 Å². The number of nitrogens with zero attached hydrogens (tertiary/aromatic N) is 2. The van der Waals surface area contributed by atoms with Gasteiger partial charge in [0, 0.05) is 23.3 Å². The fourth-order valence-corrected chi connectivity index (χ4v) is 2.96. The molecule has 0 saturated carbocycles. The van der Waals surface area contributed by atoms with Crippen LogP contribution in [0.3, 0.4) is 0 Å². The first-order valence-electron chi connectivity index (χ1n) is 8.52. The minimum atomic E-state index is -1.17. The predicted octanol–water partition coefficient (Wildman–Crippen LogP) is 3.24. The molecule has 0 fully saturated rings. The van der Waals surface area contributed by atoms with Gasteiger partial charge in [-0.15, -0.1) is 0 Å². The molecule has 0 radical (unpaired) electrons. The Morgan fingerprint density at radius 1 is 1.00 bits per heavy atom. The lowest BCUT2D eigenvalue weighted by Gasteiger charge is -2.19. The van der Waals surface area contributed by atoms with Crippen LogP contribution in [0.15, 0.2) is 54.9 Å². The predicted molar refractivity (Wildman–Crippen MR) is 97.1 cm³/mol. The van der Waals surface area contributed by atoms with E-state index in [1.54, 1.807) is 43.1 Å². The fraction of sp³-hybridized carbons (Fsp3) is 0.250. The van der Waals surface area contributed by atoms with Crippen LogP contribution in [0.2, 0.25) is 0 Å².